The summed E-state index contributed by atoms with van der Waals surface area (Å²) in [5, 5.41) is 6.94. The normalized spacial score (nSPS) is 12.9. The number of anilines is 1. The van der Waals surface area contributed by atoms with Crippen LogP contribution < -0.4 is 10.9 Å². The number of amides is 2. The summed E-state index contributed by atoms with van der Waals surface area (Å²) in [5.74, 6) is -0.931. The van der Waals surface area contributed by atoms with E-state index in [-0.39, 0.29) is 12.5 Å². The van der Waals surface area contributed by atoms with E-state index in [1.807, 2.05) is 0 Å². The summed E-state index contributed by atoms with van der Waals surface area (Å²) in [4.78, 5) is 49.1. The Balaban J connectivity index is 1.68. The van der Waals surface area contributed by atoms with Gasteiger partial charge in [-0.25, -0.2) is 9.48 Å². The van der Waals surface area contributed by atoms with Crippen molar-refractivity contribution >= 4 is 23.5 Å². The molecule has 0 radical (unpaired) electrons. The molecule has 1 N–H and O–H groups in total. The third-order valence-electron chi connectivity index (χ3n) is 4.47. The van der Waals surface area contributed by atoms with Crippen molar-refractivity contribution in [2.45, 2.75) is 26.4 Å². The van der Waals surface area contributed by atoms with Crippen LogP contribution in [0.2, 0.25) is 0 Å². The van der Waals surface area contributed by atoms with E-state index >= 15 is 0 Å². The summed E-state index contributed by atoms with van der Waals surface area (Å²) >= 11 is 0. The predicted octanol–water partition coefficient (Wildman–Crippen LogP) is 0.573. The van der Waals surface area contributed by atoms with E-state index in [0.29, 0.717) is 42.0 Å². The maximum atomic E-state index is 12.3. The van der Waals surface area contributed by atoms with Crippen molar-refractivity contribution in [2.24, 2.45) is 0 Å². The molecule has 2 heterocycles. The molecule has 28 heavy (non-hydrogen) atoms. The molecule has 9 heteroatoms. The van der Waals surface area contributed by atoms with Crippen molar-refractivity contribution in [1.29, 1.82) is 0 Å². The van der Waals surface area contributed by atoms with Crippen molar-refractivity contribution in [1.82, 2.24) is 14.7 Å². The third-order valence-corrected chi connectivity index (χ3v) is 4.47. The Labute approximate surface area is 160 Å². The van der Waals surface area contributed by atoms with Crippen LogP contribution in [-0.4, -0.2) is 46.1 Å². The van der Waals surface area contributed by atoms with E-state index in [4.69, 9.17) is 0 Å². The molecular formula is C19H20N4O5. The van der Waals surface area contributed by atoms with Crippen LogP contribution in [0.1, 0.15) is 28.5 Å². The lowest BCUT2D eigenvalue weighted by atomic mass is 10.1. The second-order valence-electron chi connectivity index (χ2n) is 6.42. The molecule has 0 unspecified atom stereocenters. The lowest BCUT2D eigenvalue weighted by molar-refractivity contribution is -0.129. The zero-order valence-corrected chi connectivity index (χ0v) is 15.6. The van der Waals surface area contributed by atoms with Crippen molar-refractivity contribution in [3.8, 4) is 0 Å². The SMILES string of the molecule is COC(=O)c1ccc(NC(=O)Cn2nc3c(cc2=O)CN(C(C)=O)CC3)cc1. The van der Waals surface area contributed by atoms with Gasteiger partial charge in [0.2, 0.25) is 11.8 Å². The second kappa shape index (κ2) is 8.03. The molecule has 1 aromatic heterocycles. The minimum Gasteiger partial charge on any atom is -0.465 e. The maximum Gasteiger partial charge on any atom is 0.337 e. The monoisotopic (exact) mass is 384 g/mol. The molecule has 0 atom stereocenters. The zero-order valence-electron chi connectivity index (χ0n) is 15.6. The third kappa shape index (κ3) is 4.25. The molecular weight excluding hydrogens is 364 g/mol. The van der Waals surface area contributed by atoms with Gasteiger partial charge in [-0.3, -0.25) is 14.4 Å². The highest BCUT2D eigenvalue weighted by Crippen LogP contribution is 2.15. The number of nitrogens with one attached hydrogen (secondary N) is 1. The molecule has 0 spiro atoms. The molecule has 2 amide bonds. The summed E-state index contributed by atoms with van der Waals surface area (Å²) in [5.41, 5.74) is 1.88. The van der Waals surface area contributed by atoms with E-state index in [0.717, 1.165) is 4.68 Å². The minimum atomic E-state index is -0.467. The van der Waals surface area contributed by atoms with E-state index < -0.39 is 17.4 Å². The van der Waals surface area contributed by atoms with Gasteiger partial charge in [0.15, 0.2) is 0 Å². The van der Waals surface area contributed by atoms with Gasteiger partial charge in [0, 0.05) is 43.8 Å². The number of rotatable bonds is 4. The van der Waals surface area contributed by atoms with Crippen LogP contribution in [-0.2, 0) is 33.8 Å². The molecule has 0 saturated heterocycles. The number of carbonyl (C=O) groups is 3. The van der Waals surface area contributed by atoms with Gasteiger partial charge < -0.3 is 15.0 Å². The van der Waals surface area contributed by atoms with Crippen LogP contribution in [0.3, 0.4) is 0 Å². The summed E-state index contributed by atoms with van der Waals surface area (Å²) < 4.78 is 5.73. The molecule has 2 aromatic rings. The van der Waals surface area contributed by atoms with Gasteiger partial charge in [0.1, 0.15) is 6.54 Å². The molecule has 0 saturated carbocycles. The fourth-order valence-electron chi connectivity index (χ4n) is 2.97. The van der Waals surface area contributed by atoms with Crippen LogP contribution in [0, 0.1) is 0 Å². The van der Waals surface area contributed by atoms with E-state index in [9.17, 15) is 19.2 Å². The van der Waals surface area contributed by atoms with Crippen LogP contribution in [0.15, 0.2) is 35.1 Å². The number of carbonyl (C=O) groups excluding carboxylic acids is 3. The van der Waals surface area contributed by atoms with E-state index in [1.165, 1.54) is 32.2 Å². The highest BCUT2D eigenvalue weighted by molar-refractivity contribution is 5.92. The number of aromatic nitrogens is 2. The van der Waals surface area contributed by atoms with Crippen LogP contribution >= 0.6 is 0 Å². The standard InChI is InChI=1S/C19H20N4O5/c1-12(24)22-8-7-16-14(10-22)9-18(26)23(21-16)11-17(25)20-15-5-3-13(4-6-15)19(27)28-2/h3-6,9H,7-8,10-11H2,1-2H3,(H,20,25). The van der Waals surface area contributed by atoms with Gasteiger partial charge in [0.05, 0.1) is 18.4 Å². The first kappa shape index (κ1) is 19.3. The Bertz CT molecular complexity index is 981. The van der Waals surface area contributed by atoms with Gasteiger partial charge in [0.25, 0.3) is 5.56 Å². The number of nitrogens with zero attached hydrogens (tertiary/aromatic N) is 3. The predicted molar refractivity (Wildman–Crippen MR) is 99.7 cm³/mol. The Morgan fingerprint density at radius 2 is 1.93 bits per heavy atom. The number of benzene rings is 1. The lowest BCUT2D eigenvalue weighted by Crippen LogP contribution is -2.38. The van der Waals surface area contributed by atoms with Crippen molar-refractivity contribution in [3.63, 3.8) is 0 Å². The van der Waals surface area contributed by atoms with Gasteiger partial charge >= 0.3 is 5.97 Å². The summed E-state index contributed by atoms with van der Waals surface area (Å²) in [6.07, 6.45) is 0.534. The molecule has 0 bridgehead atoms. The first-order valence-electron chi connectivity index (χ1n) is 8.71. The fourth-order valence-corrected chi connectivity index (χ4v) is 2.97. The number of ether oxygens (including phenoxy) is 1. The summed E-state index contributed by atoms with van der Waals surface area (Å²) in [6, 6.07) is 7.64. The average Bonchev–Trinajstić information content (AvgIpc) is 2.68. The maximum absolute atomic E-state index is 12.3. The van der Waals surface area contributed by atoms with Crippen molar-refractivity contribution in [3.05, 3.63) is 57.5 Å². The first-order chi connectivity index (χ1) is 13.4. The average molecular weight is 384 g/mol. The van der Waals surface area contributed by atoms with Crippen LogP contribution in [0.25, 0.3) is 0 Å². The second-order valence-corrected chi connectivity index (χ2v) is 6.42. The van der Waals surface area contributed by atoms with Crippen LogP contribution in [0.5, 0.6) is 0 Å². The van der Waals surface area contributed by atoms with Crippen LogP contribution in [0.4, 0.5) is 5.69 Å². The van der Waals surface area contributed by atoms with E-state index in [1.54, 1.807) is 17.0 Å². The van der Waals surface area contributed by atoms with Gasteiger partial charge in [-0.2, -0.15) is 5.10 Å². The van der Waals surface area contributed by atoms with Gasteiger partial charge in [-0.15, -0.1) is 0 Å². The molecule has 1 aromatic carbocycles. The highest BCUT2D eigenvalue weighted by atomic mass is 16.5. The Hall–Kier alpha value is -3.49. The Morgan fingerprint density at radius 3 is 2.57 bits per heavy atom. The first-order valence-corrected chi connectivity index (χ1v) is 8.71. The molecule has 3 rings (SSSR count). The Morgan fingerprint density at radius 1 is 1.21 bits per heavy atom. The summed E-state index contributed by atoms with van der Waals surface area (Å²) in [6.45, 7) is 2.14. The summed E-state index contributed by atoms with van der Waals surface area (Å²) in [7, 11) is 1.29. The topological polar surface area (TPSA) is 111 Å². The lowest BCUT2D eigenvalue weighted by Gasteiger charge is -2.27. The largest absolute Gasteiger partial charge is 0.465 e. The quantitative estimate of drug-likeness (QED) is 0.772. The fraction of sp³-hybridized carbons (Fsp3) is 0.316. The van der Waals surface area contributed by atoms with E-state index in [2.05, 4.69) is 15.2 Å². The smallest absolute Gasteiger partial charge is 0.337 e. The molecule has 9 nitrogen and oxygen atoms in total. The number of hydrogen-bond acceptors (Lipinski definition) is 6. The number of methoxy groups -OCH3 is 1. The van der Waals surface area contributed by atoms with Crippen molar-refractivity contribution in [2.75, 3.05) is 19.0 Å². The number of hydrogen-bond donors (Lipinski definition) is 1. The number of fused-ring (bicyclic) bond motifs is 1. The molecule has 1 aliphatic heterocycles. The zero-order chi connectivity index (χ0) is 20.3. The van der Waals surface area contributed by atoms with Crippen molar-refractivity contribution < 1.29 is 19.1 Å². The molecule has 1 aliphatic rings. The number of esters is 1. The Kier molecular flexibility index (Phi) is 5.53. The molecule has 146 valence electrons. The minimum absolute atomic E-state index is 0.0487. The molecule has 0 fully saturated rings. The molecule has 0 aliphatic carbocycles. The van der Waals surface area contributed by atoms with Gasteiger partial charge in [-0.1, -0.05) is 0 Å². The highest BCUT2D eigenvalue weighted by Gasteiger charge is 2.21. The van der Waals surface area contributed by atoms with Gasteiger partial charge in [-0.05, 0) is 24.3 Å².